The van der Waals surface area contributed by atoms with Crippen molar-refractivity contribution < 1.29 is 4.74 Å². The zero-order valence-corrected chi connectivity index (χ0v) is 12.7. The van der Waals surface area contributed by atoms with Gasteiger partial charge in [-0.2, -0.15) is 0 Å². The Morgan fingerprint density at radius 3 is 2.55 bits per heavy atom. The second-order valence-electron chi connectivity index (χ2n) is 6.02. The lowest BCUT2D eigenvalue weighted by atomic mass is 10.1. The first-order chi connectivity index (χ1) is 9.81. The molecule has 0 aromatic carbocycles. The summed E-state index contributed by atoms with van der Waals surface area (Å²) in [6, 6.07) is 2.69. The van der Waals surface area contributed by atoms with Crippen molar-refractivity contribution in [2.45, 2.75) is 70.1 Å². The molecule has 4 heteroatoms. The van der Waals surface area contributed by atoms with Crippen LogP contribution >= 0.6 is 11.6 Å². The van der Waals surface area contributed by atoms with E-state index < -0.39 is 0 Å². The van der Waals surface area contributed by atoms with Crippen LogP contribution in [0.25, 0.3) is 0 Å². The van der Waals surface area contributed by atoms with Gasteiger partial charge in [0.2, 0.25) is 5.88 Å². The van der Waals surface area contributed by atoms with Gasteiger partial charge in [0.25, 0.3) is 0 Å². The first-order valence-electron chi connectivity index (χ1n) is 7.86. The van der Waals surface area contributed by atoms with Crippen LogP contribution in [0.2, 0.25) is 5.02 Å². The molecule has 0 spiro atoms. The van der Waals surface area contributed by atoms with E-state index in [-0.39, 0.29) is 6.10 Å². The Hall–Kier alpha value is -0.800. The van der Waals surface area contributed by atoms with Crippen molar-refractivity contribution in [2.24, 2.45) is 0 Å². The van der Waals surface area contributed by atoms with E-state index >= 15 is 0 Å². The van der Waals surface area contributed by atoms with Crippen LogP contribution < -0.4 is 10.1 Å². The molecule has 2 aliphatic carbocycles. The largest absolute Gasteiger partial charge is 0.473 e. The average molecular weight is 295 g/mol. The third-order valence-electron chi connectivity index (χ3n) is 4.12. The van der Waals surface area contributed by atoms with Gasteiger partial charge in [0, 0.05) is 18.8 Å². The Morgan fingerprint density at radius 1 is 1.15 bits per heavy atom. The maximum Gasteiger partial charge on any atom is 0.232 e. The van der Waals surface area contributed by atoms with E-state index in [1.54, 1.807) is 0 Å². The van der Waals surface area contributed by atoms with Gasteiger partial charge in [0.15, 0.2) is 0 Å². The molecule has 0 unspecified atom stereocenters. The van der Waals surface area contributed by atoms with Gasteiger partial charge in [0.05, 0.1) is 0 Å². The molecule has 110 valence electrons. The predicted octanol–water partition coefficient (Wildman–Crippen LogP) is 4.09. The summed E-state index contributed by atoms with van der Waals surface area (Å²) in [5, 5.41) is 4.11. The maximum absolute atomic E-state index is 6.31. The van der Waals surface area contributed by atoms with Gasteiger partial charge < -0.3 is 10.1 Å². The number of hydrogen-bond acceptors (Lipinski definition) is 3. The summed E-state index contributed by atoms with van der Waals surface area (Å²) < 4.78 is 6.00. The standard InChI is InChI=1S/C16H23ClN2O/c17-15-9-12(10-18-13-7-8-13)11-19-16(15)20-14-5-3-1-2-4-6-14/h9,11,13-14,18H,1-8,10H2. The summed E-state index contributed by atoms with van der Waals surface area (Å²) in [6.45, 7) is 0.848. The van der Waals surface area contributed by atoms with Crippen molar-refractivity contribution >= 4 is 11.6 Å². The van der Waals surface area contributed by atoms with Crippen molar-refractivity contribution in [2.75, 3.05) is 0 Å². The number of halogens is 1. The van der Waals surface area contributed by atoms with Crippen LogP contribution in [0.3, 0.4) is 0 Å². The summed E-state index contributed by atoms with van der Waals surface area (Å²) in [5.41, 5.74) is 1.13. The van der Waals surface area contributed by atoms with Crippen LogP contribution in [0.15, 0.2) is 12.3 Å². The zero-order valence-electron chi connectivity index (χ0n) is 11.9. The molecule has 20 heavy (non-hydrogen) atoms. The van der Waals surface area contributed by atoms with E-state index in [0.717, 1.165) is 24.9 Å². The van der Waals surface area contributed by atoms with Gasteiger partial charge >= 0.3 is 0 Å². The molecule has 2 saturated carbocycles. The molecule has 0 amide bonds. The van der Waals surface area contributed by atoms with Crippen LogP contribution in [-0.2, 0) is 6.54 Å². The molecule has 1 heterocycles. The van der Waals surface area contributed by atoms with Crippen molar-refractivity contribution in [3.8, 4) is 5.88 Å². The number of hydrogen-bond donors (Lipinski definition) is 1. The zero-order chi connectivity index (χ0) is 13.8. The Kier molecular flexibility index (Phi) is 4.79. The van der Waals surface area contributed by atoms with Crippen LogP contribution in [0.1, 0.15) is 56.9 Å². The minimum Gasteiger partial charge on any atom is -0.473 e. The van der Waals surface area contributed by atoms with Crippen molar-refractivity contribution in [1.82, 2.24) is 10.3 Å². The summed E-state index contributed by atoms with van der Waals surface area (Å²) in [5.74, 6) is 0.605. The summed E-state index contributed by atoms with van der Waals surface area (Å²) >= 11 is 6.31. The topological polar surface area (TPSA) is 34.2 Å². The SMILES string of the molecule is Clc1cc(CNC2CC2)cnc1OC1CCCCCC1. The third kappa shape index (κ3) is 4.10. The smallest absolute Gasteiger partial charge is 0.232 e. The first-order valence-corrected chi connectivity index (χ1v) is 8.23. The van der Waals surface area contributed by atoms with Crippen molar-refractivity contribution in [1.29, 1.82) is 0 Å². The van der Waals surface area contributed by atoms with Crippen molar-refractivity contribution in [3.63, 3.8) is 0 Å². The molecule has 3 rings (SSSR count). The van der Waals surface area contributed by atoms with Crippen LogP contribution in [0, 0.1) is 0 Å². The summed E-state index contributed by atoms with van der Waals surface area (Å²) in [4.78, 5) is 4.41. The van der Waals surface area contributed by atoms with E-state index in [2.05, 4.69) is 10.3 Å². The number of nitrogens with zero attached hydrogens (tertiary/aromatic N) is 1. The van der Waals surface area contributed by atoms with Gasteiger partial charge in [0.1, 0.15) is 11.1 Å². The summed E-state index contributed by atoms with van der Waals surface area (Å²) in [6.07, 6.45) is 12.2. The Bertz CT molecular complexity index is 440. The molecule has 0 bridgehead atoms. The molecule has 2 aliphatic rings. The second-order valence-corrected chi connectivity index (χ2v) is 6.42. The highest BCUT2D eigenvalue weighted by molar-refractivity contribution is 6.31. The van der Waals surface area contributed by atoms with Crippen LogP contribution in [0.5, 0.6) is 5.88 Å². The number of aromatic nitrogens is 1. The molecule has 2 fully saturated rings. The third-order valence-corrected chi connectivity index (χ3v) is 4.39. The maximum atomic E-state index is 6.31. The Labute approximate surface area is 126 Å². The molecule has 3 nitrogen and oxygen atoms in total. The number of nitrogens with one attached hydrogen (secondary N) is 1. The van der Waals surface area contributed by atoms with Gasteiger partial charge in [-0.25, -0.2) is 4.98 Å². The Morgan fingerprint density at radius 2 is 1.90 bits per heavy atom. The van der Waals surface area contributed by atoms with Gasteiger partial charge in [-0.3, -0.25) is 0 Å². The van der Waals surface area contributed by atoms with E-state index in [1.807, 2.05) is 12.3 Å². The fourth-order valence-corrected chi connectivity index (χ4v) is 2.95. The molecule has 0 radical (unpaired) electrons. The highest BCUT2D eigenvalue weighted by Gasteiger charge is 2.20. The van der Waals surface area contributed by atoms with Gasteiger partial charge in [-0.15, -0.1) is 0 Å². The molecule has 0 saturated heterocycles. The first kappa shape index (κ1) is 14.2. The van der Waals surface area contributed by atoms with E-state index in [1.165, 1.54) is 38.5 Å². The van der Waals surface area contributed by atoms with E-state index in [0.29, 0.717) is 16.9 Å². The molecular formula is C16H23ClN2O. The Balaban J connectivity index is 1.57. The minimum absolute atomic E-state index is 0.290. The quantitative estimate of drug-likeness (QED) is 0.831. The van der Waals surface area contributed by atoms with E-state index in [4.69, 9.17) is 16.3 Å². The molecule has 1 aromatic heterocycles. The number of pyridine rings is 1. The fourth-order valence-electron chi connectivity index (χ4n) is 2.72. The lowest BCUT2D eigenvalue weighted by Crippen LogP contribution is -2.17. The fraction of sp³-hybridized carbons (Fsp3) is 0.688. The van der Waals surface area contributed by atoms with Gasteiger partial charge in [-0.1, -0.05) is 24.4 Å². The monoisotopic (exact) mass is 294 g/mol. The predicted molar refractivity (Wildman–Crippen MR) is 81.2 cm³/mol. The van der Waals surface area contributed by atoms with E-state index in [9.17, 15) is 0 Å². The molecule has 1 N–H and O–H groups in total. The lowest BCUT2D eigenvalue weighted by molar-refractivity contribution is 0.176. The van der Waals surface area contributed by atoms with Crippen molar-refractivity contribution in [3.05, 3.63) is 22.8 Å². The summed E-state index contributed by atoms with van der Waals surface area (Å²) in [7, 11) is 0. The van der Waals surface area contributed by atoms with Crippen LogP contribution in [-0.4, -0.2) is 17.1 Å². The normalized spacial score (nSPS) is 20.6. The lowest BCUT2D eigenvalue weighted by Gasteiger charge is -2.17. The molecule has 0 aliphatic heterocycles. The molecule has 0 atom stereocenters. The van der Waals surface area contributed by atoms with Crippen LogP contribution in [0.4, 0.5) is 0 Å². The van der Waals surface area contributed by atoms with Gasteiger partial charge in [-0.05, 0) is 50.2 Å². The minimum atomic E-state index is 0.290. The number of ether oxygens (including phenoxy) is 1. The highest BCUT2D eigenvalue weighted by Crippen LogP contribution is 2.28. The average Bonchev–Trinajstić information content (AvgIpc) is 3.26. The highest BCUT2D eigenvalue weighted by atomic mass is 35.5. The molecule has 1 aromatic rings. The molecular weight excluding hydrogens is 272 g/mol. The number of rotatable bonds is 5. The second kappa shape index (κ2) is 6.77.